The van der Waals surface area contributed by atoms with E-state index in [1.165, 1.54) is 4.88 Å². The van der Waals surface area contributed by atoms with E-state index in [4.69, 9.17) is 0 Å². The molecule has 0 radical (unpaired) electrons. The van der Waals surface area contributed by atoms with Gasteiger partial charge in [0, 0.05) is 9.75 Å². The van der Waals surface area contributed by atoms with E-state index in [9.17, 15) is 9.90 Å². The van der Waals surface area contributed by atoms with E-state index < -0.39 is 5.97 Å². The zero-order valence-electron chi connectivity index (χ0n) is 12.6. The molecule has 0 fully saturated rings. The maximum atomic E-state index is 11.7. The number of hydrogen-bond donors (Lipinski definition) is 1. The largest absolute Gasteiger partial charge is 0.478 e. The van der Waals surface area contributed by atoms with Crippen LogP contribution in [0.25, 0.3) is 0 Å². The van der Waals surface area contributed by atoms with Gasteiger partial charge in [-0.1, -0.05) is 41.0 Å². The van der Waals surface area contributed by atoms with E-state index in [2.05, 4.69) is 34.6 Å². The molecular formula is C16H24O2S. The van der Waals surface area contributed by atoms with Gasteiger partial charge < -0.3 is 5.11 Å². The summed E-state index contributed by atoms with van der Waals surface area (Å²) in [7, 11) is 0. The molecule has 0 aromatic carbocycles. The van der Waals surface area contributed by atoms with Crippen molar-refractivity contribution in [3.63, 3.8) is 0 Å². The number of carbonyl (C=O) groups is 1. The molecule has 0 unspecified atom stereocenters. The van der Waals surface area contributed by atoms with Crippen molar-refractivity contribution in [1.82, 2.24) is 0 Å². The smallest absolute Gasteiger partial charge is 0.337 e. The molecule has 0 amide bonds. The van der Waals surface area contributed by atoms with E-state index in [1.807, 2.05) is 0 Å². The average molecular weight is 280 g/mol. The number of thiophene rings is 1. The fraction of sp³-hybridized carbons (Fsp3) is 0.688. The zero-order valence-corrected chi connectivity index (χ0v) is 13.4. The molecule has 0 bridgehead atoms. The van der Waals surface area contributed by atoms with Crippen LogP contribution in [-0.4, -0.2) is 11.1 Å². The van der Waals surface area contributed by atoms with Crippen molar-refractivity contribution >= 4 is 17.3 Å². The van der Waals surface area contributed by atoms with Crippen LogP contribution in [0.5, 0.6) is 0 Å². The summed E-state index contributed by atoms with van der Waals surface area (Å²) in [5.41, 5.74) is 2.01. The molecule has 1 aromatic heterocycles. The molecule has 3 heteroatoms. The molecule has 1 aliphatic rings. The number of aromatic carboxylic acids is 1. The quantitative estimate of drug-likeness (QED) is 0.875. The topological polar surface area (TPSA) is 37.3 Å². The fourth-order valence-electron chi connectivity index (χ4n) is 3.70. The number of carboxylic acid groups (broad SMARTS) is 1. The highest BCUT2D eigenvalue weighted by molar-refractivity contribution is 7.12. The van der Waals surface area contributed by atoms with Crippen LogP contribution in [0.3, 0.4) is 0 Å². The van der Waals surface area contributed by atoms with Crippen molar-refractivity contribution in [2.75, 3.05) is 0 Å². The lowest BCUT2D eigenvalue weighted by Gasteiger charge is -2.40. The van der Waals surface area contributed by atoms with Crippen molar-refractivity contribution < 1.29 is 9.90 Å². The lowest BCUT2D eigenvalue weighted by atomic mass is 9.65. The predicted octanol–water partition coefficient (Wildman–Crippen LogP) is 4.65. The van der Waals surface area contributed by atoms with Gasteiger partial charge in [0.1, 0.15) is 0 Å². The minimum atomic E-state index is -0.741. The van der Waals surface area contributed by atoms with E-state index in [0.29, 0.717) is 5.56 Å². The lowest BCUT2D eigenvalue weighted by molar-refractivity contribution is 0.0693. The summed E-state index contributed by atoms with van der Waals surface area (Å²) < 4.78 is 0. The van der Waals surface area contributed by atoms with Gasteiger partial charge >= 0.3 is 5.97 Å². The molecule has 1 heterocycles. The summed E-state index contributed by atoms with van der Waals surface area (Å²) in [6.07, 6.45) is 3.91. The summed E-state index contributed by atoms with van der Waals surface area (Å²) in [4.78, 5) is 14.0. The van der Waals surface area contributed by atoms with Crippen LogP contribution < -0.4 is 0 Å². The SMILES string of the molecule is CCCc1sc2c(c1C(=O)O)CC(C)(C)CC2(C)C. The van der Waals surface area contributed by atoms with Gasteiger partial charge in [-0.05, 0) is 35.7 Å². The highest BCUT2D eigenvalue weighted by Crippen LogP contribution is 2.50. The lowest BCUT2D eigenvalue weighted by Crippen LogP contribution is -2.34. The Labute approximate surface area is 119 Å². The first-order chi connectivity index (χ1) is 8.68. The molecule has 2 rings (SSSR count). The molecule has 1 aromatic rings. The third-order valence-corrected chi connectivity index (χ3v) is 5.62. The van der Waals surface area contributed by atoms with Gasteiger partial charge in [0.2, 0.25) is 0 Å². The Kier molecular flexibility index (Phi) is 3.54. The summed E-state index contributed by atoms with van der Waals surface area (Å²) >= 11 is 1.74. The standard InChI is InChI=1S/C16H24O2S/c1-6-7-11-12(14(17)18)10-8-15(2,3)9-16(4,5)13(10)19-11/h6-9H2,1-5H3,(H,17,18). The molecule has 0 saturated carbocycles. The number of aryl methyl sites for hydroxylation is 1. The van der Waals surface area contributed by atoms with Crippen LogP contribution in [0, 0.1) is 5.41 Å². The van der Waals surface area contributed by atoms with Crippen molar-refractivity contribution in [2.24, 2.45) is 5.41 Å². The first-order valence-electron chi connectivity index (χ1n) is 7.06. The van der Waals surface area contributed by atoms with Crippen molar-refractivity contribution in [3.05, 3.63) is 20.9 Å². The second-order valence-electron chi connectivity index (χ2n) is 7.16. The Morgan fingerprint density at radius 1 is 1.32 bits per heavy atom. The first-order valence-corrected chi connectivity index (χ1v) is 7.88. The van der Waals surface area contributed by atoms with Gasteiger partial charge in [0.25, 0.3) is 0 Å². The monoisotopic (exact) mass is 280 g/mol. The van der Waals surface area contributed by atoms with Gasteiger partial charge in [-0.3, -0.25) is 0 Å². The molecule has 0 saturated heterocycles. The Balaban J connectivity index is 2.63. The molecule has 1 aliphatic carbocycles. The molecule has 106 valence electrons. The Morgan fingerprint density at radius 2 is 1.95 bits per heavy atom. The van der Waals surface area contributed by atoms with Gasteiger partial charge in [-0.25, -0.2) is 4.79 Å². The Bertz CT molecular complexity index is 509. The third-order valence-electron chi connectivity index (χ3n) is 3.96. The third kappa shape index (κ3) is 2.58. The minimum Gasteiger partial charge on any atom is -0.478 e. The van der Waals surface area contributed by atoms with Gasteiger partial charge in [-0.15, -0.1) is 11.3 Å². The molecule has 0 atom stereocenters. The van der Waals surface area contributed by atoms with Gasteiger partial charge in [0.15, 0.2) is 0 Å². The Hall–Kier alpha value is -0.830. The maximum absolute atomic E-state index is 11.7. The van der Waals surface area contributed by atoms with Crippen LogP contribution in [0.15, 0.2) is 0 Å². The fourth-order valence-corrected chi connectivity index (χ4v) is 5.21. The minimum absolute atomic E-state index is 0.0952. The maximum Gasteiger partial charge on any atom is 0.337 e. The van der Waals surface area contributed by atoms with Gasteiger partial charge in [-0.2, -0.15) is 0 Å². The second kappa shape index (κ2) is 4.62. The molecule has 0 spiro atoms. The number of rotatable bonds is 3. The normalized spacial score (nSPS) is 20.1. The van der Waals surface area contributed by atoms with Crippen LogP contribution in [0.4, 0.5) is 0 Å². The molecule has 1 N–H and O–H groups in total. The van der Waals surface area contributed by atoms with E-state index >= 15 is 0 Å². The molecular weight excluding hydrogens is 256 g/mol. The summed E-state index contributed by atoms with van der Waals surface area (Å²) in [5.74, 6) is -0.741. The van der Waals surface area contributed by atoms with Crippen molar-refractivity contribution in [1.29, 1.82) is 0 Å². The van der Waals surface area contributed by atoms with Gasteiger partial charge in [0.05, 0.1) is 5.56 Å². The first kappa shape index (κ1) is 14.6. The van der Waals surface area contributed by atoms with Crippen LogP contribution in [0.2, 0.25) is 0 Å². The Morgan fingerprint density at radius 3 is 2.47 bits per heavy atom. The summed E-state index contributed by atoms with van der Waals surface area (Å²) in [5, 5.41) is 9.58. The van der Waals surface area contributed by atoms with E-state index in [-0.39, 0.29) is 10.8 Å². The van der Waals surface area contributed by atoms with Crippen molar-refractivity contribution in [3.8, 4) is 0 Å². The highest BCUT2D eigenvalue weighted by atomic mass is 32.1. The van der Waals surface area contributed by atoms with Crippen LogP contribution in [-0.2, 0) is 18.3 Å². The number of carboxylic acids is 1. The average Bonchev–Trinajstić information content (AvgIpc) is 2.54. The molecule has 19 heavy (non-hydrogen) atoms. The number of fused-ring (bicyclic) bond motifs is 1. The second-order valence-corrected chi connectivity index (χ2v) is 8.27. The summed E-state index contributed by atoms with van der Waals surface area (Å²) in [6, 6.07) is 0. The van der Waals surface area contributed by atoms with Crippen LogP contribution >= 0.6 is 11.3 Å². The van der Waals surface area contributed by atoms with E-state index in [1.54, 1.807) is 11.3 Å². The molecule has 0 aliphatic heterocycles. The highest BCUT2D eigenvalue weighted by Gasteiger charge is 2.41. The van der Waals surface area contributed by atoms with Crippen LogP contribution in [0.1, 0.15) is 73.1 Å². The summed E-state index contributed by atoms with van der Waals surface area (Å²) in [6.45, 7) is 11.1. The van der Waals surface area contributed by atoms with E-state index in [0.717, 1.165) is 36.1 Å². The zero-order chi connectivity index (χ0) is 14.4. The number of hydrogen-bond acceptors (Lipinski definition) is 2. The van der Waals surface area contributed by atoms with Crippen molar-refractivity contribution in [2.45, 2.75) is 65.7 Å². The predicted molar refractivity (Wildman–Crippen MR) is 80.4 cm³/mol. The molecule has 2 nitrogen and oxygen atoms in total.